The number of hydrogen-bond donors (Lipinski definition) is 2. The van der Waals surface area contributed by atoms with E-state index in [4.69, 9.17) is 5.73 Å². The smallest absolute Gasteiger partial charge is 0.0659 e. The molecule has 0 aromatic carbocycles. The zero-order valence-corrected chi connectivity index (χ0v) is 10.6. The van der Waals surface area contributed by atoms with Crippen LogP contribution >= 0.6 is 0 Å². The Bertz CT molecular complexity index is 203. The molecule has 0 saturated heterocycles. The van der Waals surface area contributed by atoms with Crippen molar-refractivity contribution in [2.75, 3.05) is 6.54 Å². The quantitative estimate of drug-likeness (QED) is 0.690. The van der Waals surface area contributed by atoms with Gasteiger partial charge in [-0.2, -0.15) is 0 Å². The summed E-state index contributed by atoms with van der Waals surface area (Å²) in [5, 5.41) is 10.4. The highest BCUT2D eigenvalue weighted by Gasteiger charge is 2.50. The van der Waals surface area contributed by atoms with E-state index in [1.807, 2.05) is 0 Å². The van der Waals surface area contributed by atoms with Gasteiger partial charge in [0.2, 0.25) is 0 Å². The molecule has 2 nitrogen and oxygen atoms in total. The van der Waals surface area contributed by atoms with Crippen molar-refractivity contribution in [3.8, 4) is 0 Å². The molecule has 0 heterocycles. The molecule has 3 N–H and O–H groups in total. The van der Waals surface area contributed by atoms with Crippen LogP contribution in [0.1, 0.15) is 59.3 Å². The Kier molecular flexibility index (Phi) is 4.19. The summed E-state index contributed by atoms with van der Waals surface area (Å²) in [5.41, 5.74) is 5.98. The molecule has 15 heavy (non-hydrogen) atoms. The van der Waals surface area contributed by atoms with Crippen LogP contribution < -0.4 is 5.73 Å². The van der Waals surface area contributed by atoms with E-state index in [2.05, 4.69) is 20.8 Å². The first-order chi connectivity index (χ1) is 6.98. The van der Waals surface area contributed by atoms with E-state index in [1.165, 1.54) is 19.3 Å². The second-order valence-corrected chi connectivity index (χ2v) is 5.91. The number of rotatable bonds is 5. The number of hydrogen-bond acceptors (Lipinski definition) is 2. The zero-order chi connectivity index (χ0) is 11.5. The topological polar surface area (TPSA) is 46.2 Å². The van der Waals surface area contributed by atoms with Gasteiger partial charge in [-0.3, -0.25) is 0 Å². The minimum Gasteiger partial charge on any atom is -0.392 e. The fourth-order valence-electron chi connectivity index (χ4n) is 2.98. The van der Waals surface area contributed by atoms with E-state index in [1.54, 1.807) is 0 Å². The second kappa shape index (κ2) is 4.84. The molecule has 2 heteroatoms. The molecule has 0 aliphatic heterocycles. The molecule has 2 unspecified atom stereocenters. The van der Waals surface area contributed by atoms with Gasteiger partial charge in [-0.05, 0) is 24.7 Å². The third-order valence-electron chi connectivity index (χ3n) is 4.27. The molecular formula is C13H27NO. The highest BCUT2D eigenvalue weighted by molar-refractivity contribution is 5.01. The largest absolute Gasteiger partial charge is 0.392 e. The summed E-state index contributed by atoms with van der Waals surface area (Å²) in [6.07, 6.45) is 6.79. The third-order valence-corrected chi connectivity index (χ3v) is 4.27. The summed E-state index contributed by atoms with van der Waals surface area (Å²) in [6.45, 7) is 7.18. The van der Waals surface area contributed by atoms with Crippen LogP contribution in [0.5, 0.6) is 0 Å². The van der Waals surface area contributed by atoms with Crippen molar-refractivity contribution < 1.29 is 5.11 Å². The van der Waals surface area contributed by atoms with Crippen molar-refractivity contribution in [1.29, 1.82) is 0 Å². The van der Waals surface area contributed by atoms with Crippen molar-refractivity contribution >= 4 is 0 Å². The predicted octanol–water partition coefficient (Wildman–Crippen LogP) is 2.69. The summed E-state index contributed by atoms with van der Waals surface area (Å²) in [7, 11) is 0. The van der Waals surface area contributed by atoms with Crippen LogP contribution in [0, 0.1) is 10.8 Å². The van der Waals surface area contributed by atoms with Gasteiger partial charge in [-0.15, -0.1) is 0 Å². The van der Waals surface area contributed by atoms with Crippen LogP contribution in [0.4, 0.5) is 0 Å². The van der Waals surface area contributed by atoms with Gasteiger partial charge in [0.15, 0.2) is 0 Å². The van der Waals surface area contributed by atoms with Gasteiger partial charge in [0.05, 0.1) is 6.10 Å². The fraction of sp³-hybridized carbons (Fsp3) is 1.00. The molecule has 1 fully saturated rings. The van der Waals surface area contributed by atoms with Gasteiger partial charge in [0, 0.05) is 12.0 Å². The van der Waals surface area contributed by atoms with Gasteiger partial charge >= 0.3 is 0 Å². The van der Waals surface area contributed by atoms with E-state index in [-0.39, 0.29) is 16.9 Å². The highest BCUT2D eigenvalue weighted by Crippen LogP contribution is 2.51. The average Bonchev–Trinajstić information content (AvgIpc) is 2.43. The lowest BCUT2D eigenvalue weighted by Crippen LogP contribution is -2.42. The number of aliphatic hydroxyl groups is 1. The fourth-order valence-corrected chi connectivity index (χ4v) is 2.98. The van der Waals surface area contributed by atoms with Crippen molar-refractivity contribution in [1.82, 2.24) is 0 Å². The average molecular weight is 213 g/mol. The molecule has 2 atom stereocenters. The molecule has 0 amide bonds. The Balaban J connectivity index is 2.61. The summed E-state index contributed by atoms with van der Waals surface area (Å²) in [4.78, 5) is 0. The van der Waals surface area contributed by atoms with Gasteiger partial charge in [-0.25, -0.2) is 0 Å². The molecule has 1 aliphatic carbocycles. The van der Waals surface area contributed by atoms with Crippen molar-refractivity contribution in [3.05, 3.63) is 0 Å². The van der Waals surface area contributed by atoms with Gasteiger partial charge in [0.25, 0.3) is 0 Å². The van der Waals surface area contributed by atoms with E-state index in [0.29, 0.717) is 6.54 Å². The van der Waals surface area contributed by atoms with Crippen molar-refractivity contribution in [2.45, 2.75) is 65.4 Å². The molecule has 90 valence electrons. The first-order valence-corrected chi connectivity index (χ1v) is 6.37. The Hall–Kier alpha value is -0.0800. The number of unbranched alkanes of at least 4 members (excludes halogenated alkanes) is 2. The van der Waals surface area contributed by atoms with Crippen LogP contribution in [0.3, 0.4) is 0 Å². The van der Waals surface area contributed by atoms with Gasteiger partial charge in [0.1, 0.15) is 0 Å². The van der Waals surface area contributed by atoms with Crippen LogP contribution in [-0.2, 0) is 0 Å². The van der Waals surface area contributed by atoms with E-state index in [9.17, 15) is 5.11 Å². The minimum absolute atomic E-state index is 0.0126. The maximum atomic E-state index is 10.4. The Morgan fingerprint density at radius 3 is 2.33 bits per heavy atom. The molecule has 0 aromatic rings. The summed E-state index contributed by atoms with van der Waals surface area (Å²) < 4.78 is 0. The number of aliphatic hydroxyl groups excluding tert-OH is 1. The third kappa shape index (κ3) is 2.54. The molecule has 1 rings (SSSR count). The minimum atomic E-state index is -0.216. The molecule has 1 aliphatic rings. The van der Waals surface area contributed by atoms with E-state index in [0.717, 1.165) is 19.3 Å². The summed E-state index contributed by atoms with van der Waals surface area (Å²) >= 11 is 0. The van der Waals surface area contributed by atoms with Gasteiger partial charge < -0.3 is 10.8 Å². The van der Waals surface area contributed by atoms with Crippen molar-refractivity contribution in [3.63, 3.8) is 0 Å². The summed E-state index contributed by atoms with van der Waals surface area (Å²) in [6, 6.07) is 0. The Morgan fingerprint density at radius 1 is 1.27 bits per heavy atom. The maximum Gasteiger partial charge on any atom is 0.0659 e. The monoisotopic (exact) mass is 213 g/mol. The van der Waals surface area contributed by atoms with Gasteiger partial charge in [-0.1, -0.05) is 40.0 Å². The zero-order valence-electron chi connectivity index (χ0n) is 10.6. The lowest BCUT2D eigenvalue weighted by molar-refractivity contribution is -0.0102. The first kappa shape index (κ1) is 13.0. The molecule has 0 aromatic heterocycles. The van der Waals surface area contributed by atoms with Crippen molar-refractivity contribution in [2.24, 2.45) is 16.6 Å². The van der Waals surface area contributed by atoms with Crippen LogP contribution in [-0.4, -0.2) is 17.8 Å². The molecule has 1 saturated carbocycles. The van der Waals surface area contributed by atoms with Crippen LogP contribution in [0.15, 0.2) is 0 Å². The first-order valence-electron chi connectivity index (χ1n) is 6.37. The second-order valence-electron chi connectivity index (χ2n) is 5.91. The predicted molar refractivity (Wildman–Crippen MR) is 64.7 cm³/mol. The molecule has 0 bridgehead atoms. The lowest BCUT2D eigenvalue weighted by atomic mass is 9.75. The SMILES string of the molecule is CCCCCC1(CN)CCC(C)(C)C1O. The molecule has 0 spiro atoms. The highest BCUT2D eigenvalue weighted by atomic mass is 16.3. The summed E-state index contributed by atoms with van der Waals surface area (Å²) in [5.74, 6) is 0. The standard InChI is InChI=1S/C13H27NO/c1-4-5-6-7-13(10-14)9-8-12(2,3)11(13)15/h11,15H,4-10,14H2,1-3H3. The molecule has 0 radical (unpaired) electrons. The Morgan fingerprint density at radius 2 is 1.93 bits per heavy atom. The number of nitrogens with two attached hydrogens (primary N) is 1. The van der Waals surface area contributed by atoms with Crippen LogP contribution in [0.2, 0.25) is 0 Å². The lowest BCUT2D eigenvalue weighted by Gasteiger charge is -2.36. The van der Waals surface area contributed by atoms with E-state index < -0.39 is 0 Å². The van der Waals surface area contributed by atoms with Crippen LogP contribution in [0.25, 0.3) is 0 Å². The molecular weight excluding hydrogens is 186 g/mol. The van der Waals surface area contributed by atoms with E-state index >= 15 is 0 Å². The normalized spacial score (nSPS) is 34.6. The Labute approximate surface area is 94.2 Å². The maximum absolute atomic E-state index is 10.4.